The minimum atomic E-state index is -1.86. The maximum Gasteiger partial charge on any atom is 0.343 e. The molecule has 0 fully saturated rings. The first-order chi connectivity index (χ1) is 24.3. The van der Waals surface area contributed by atoms with Crippen molar-refractivity contribution in [3.05, 3.63) is 81.2 Å². The number of amidine groups is 1. The molecule has 0 spiro atoms. The van der Waals surface area contributed by atoms with Gasteiger partial charge >= 0.3 is 5.97 Å². The van der Waals surface area contributed by atoms with Crippen LogP contribution in [-0.2, 0) is 34.7 Å². The van der Waals surface area contributed by atoms with Gasteiger partial charge in [-0.05, 0) is 81.2 Å². The lowest BCUT2D eigenvalue weighted by atomic mass is 9.86. The van der Waals surface area contributed by atoms with Crippen molar-refractivity contribution in [1.82, 2.24) is 9.55 Å². The van der Waals surface area contributed by atoms with E-state index < -0.39 is 11.6 Å². The number of aliphatic hydroxyl groups is 1. The summed E-state index contributed by atoms with van der Waals surface area (Å²) in [5.74, 6) is -0.147. The van der Waals surface area contributed by atoms with Gasteiger partial charge in [-0.25, -0.2) is 14.8 Å². The van der Waals surface area contributed by atoms with E-state index in [1.54, 1.807) is 17.6 Å². The lowest BCUT2D eigenvalue weighted by Crippen LogP contribution is -2.44. The molecule has 0 saturated carbocycles. The molecule has 0 bridgehead atoms. The monoisotopic (exact) mass is 682 g/mol. The number of hydrogen-bond donors (Lipinski definition) is 2. The van der Waals surface area contributed by atoms with Crippen LogP contribution in [0.25, 0.3) is 22.3 Å². The average molecular weight is 683 g/mol. The van der Waals surface area contributed by atoms with Crippen LogP contribution in [0, 0.1) is 0 Å². The van der Waals surface area contributed by atoms with Crippen molar-refractivity contribution in [2.75, 3.05) is 6.54 Å². The van der Waals surface area contributed by atoms with E-state index in [1.807, 2.05) is 18.2 Å². The molecule has 1 aromatic carbocycles. The number of pyridine rings is 2. The number of cyclic esters (lactones) is 1. The van der Waals surface area contributed by atoms with Crippen LogP contribution in [0.15, 0.2) is 58.4 Å². The largest absolute Gasteiger partial charge is 0.458 e. The minimum absolute atomic E-state index is 0.103. The smallest absolute Gasteiger partial charge is 0.343 e. The van der Waals surface area contributed by atoms with Crippen LogP contribution in [0.5, 0.6) is 5.75 Å². The number of benzene rings is 1. The highest BCUT2D eigenvalue weighted by Crippen LogP contribution is 2.40. The lowest BCUT2D eigenvalue weighted by Gasteiger charge is -2.31. The van der Waals surface area contributed by atoms with Gasteiger partial charge in [0.25, 0.3) is 11.6 Å². The molecule has 2 aromatic heterocycles. The summed E-state index contributed by atoms with van der Waals surface area (Å²) in [7, 11) is 0. The van der Waals surface area contributed by atoms with Gasteiger partial charge in [-0.1, -0.05) is 83.6 Å². The highest BCUT2D eigenvalue weighted by Gasteiger charge is 2.45. The van der Waals surface area contributed by atoms with Crippen LogP contribution in [0.4, 0.5) is 0 Å². The molecule has 2 aliphatic rings. The third-order valence-electron chi connectivity index (χ3n) is 9.98. The molecular formula is C41H54N4O5. The summed E-state index contributed by atoms with van der Waals surface area (Å²) < 4.78 is 12.8. The number of fused-ring (bicyclic) bond motifs is 5. The third-order valence-corrected chi connectivity index (χ3v) is 9.98. The lowest BCUT2D eigenvalue weighted by molar-refractivity contribution is -0.172. The van der Waals surface area contributed by atoms with E-state index in [-0.39, 0.29) is 24.6 Å². The zero-order valence-electron chi connectivity index (χ0n) is 30.1. The normalized spacial score (nSPS) is 17.0. The Morgan fingerprint density at radius 3 is 2.42 bits per heavy atom. The zero-order chi connectivity index (χ0) is 35.5. The first-order valence-corrected chi connectivity index (χ1v) is 18.7. The number of esters is 1. The molecule has 0 unspecified atom stereocenters. The fourth-order valence-electron chi connectivity index (χ4n) is 7.05. The molecule has 9 nitrogen and oxygen atoms in total. The molecule has 5 rings (SSSR count). The highest BCUT2D eigenvalue weighted by atomic mass is 16.6. The van der Waals surface area contributed by atoms with Crippen LogP contribution >= 0.6 is 0 Å². The van der Waals surface area contributed by atoms with E-state index >= 15 is 0 Å². The number of hydrogen-bond acceptors (Lipinski definition) is 7. The van der Waals surface area contributed by atoms with Gasteiger partial charge in [-0.15, -0.1) is 0 Å². The maximum absolute atomic E-state index is 13.6. The third kappa shape index (κ3) is 8.37. The summed E-state index contributed by atoms with van der Waals surface area (Å²) in [5, 5.41) is 12.1. The van der Waals surface area contributed by atoms with Crippen molar-refractivity contribution in [1.29, 1.82) is 0 Å². The fraction of sp³-hybridized carbons (Fsp3) is 0.512. The van der Waals surface area contributed by atoms with Gasteiger partial charge in [-0.3, -0.25) is 4.79 Å². The zero-order valence-corrected chi connectivity index (χ0v) is 30.1. The van der Waals surface area contributed by atoms with Crippen molar-refractivity contribution >= 4 is 22.9 Å². The summed E-state index contributed by atoms with van der Waals surface area (Å²) in [6.07, 6.45) is 24.4. The van der Waals surface area contributed by atoms with E-state index in [4.69, 9.17) is 20.2 Å². The first kappa shape index (κ1) is 37.0. The second-order valence-electron chi connectivity index (χ2n) is 13.5. The van der Waals surface area contributed by atoms with E-state index in [2.05, 4.69) is 43.1 Å². The molecule has 0 saturated heterocycles. The minimum Gasteiger partial charge on any atom is -0.458 e. The number of aromatic nitrogens is 2. The predicted octanol–water partition coefficient (Wildman–Crippen LogP) is 8.15. The van der Waals surface area contributed by atoms with Gasteiger partial charge in [0.05, 0.1) is 29.0 Å². The Bertz CT molecular complexity index is 1810. The molecule has 0 amide bonds. The number of aryl methyl sites for hydroxylation is 1. The first-order valence-electron chi connectivity index (χ1n) is 18.7. The van der Waals surface area contributed by atoms with E-state index in [0.29, 0.717) is 47.8 Å². The number of aliphatic imine (C=N–C) groups is 1. The number of nitrogens with two attached hydrogens (primary N) is 1. The van der Waals surface area contributed by atoms with Crippen LogP contribution < -0.4 is 16.0 Å². The molecule has 4 heterocycles. The van der Waals surface area contributed by atoms with E-state index in [1.165, 1.54) is 51.4 Å². The second-order valence-corrected chi connectivity index (χ2v) is 13.5. The number of unbranched alkanes of at least 4 members (excludes halogenated alkanes) is 9. The Labute approximate surface area is 296 Å². The Morgan fingerprint density at radius 1 is 0.980 bits per heavy atom. The molecule has 3 N–H and O–H groups in total. The van der Waals surface area contributed by atoms with Crippen LogP contribution in [0.3, 0.4) is 0 Å². The van der Waals surface area contributed by atoms with Crippen LogP contribution in [-0.4, -0.2) is 33.2 Å². The molecule has 268 valence electrons. The van der Waals surface area contributed by atoms with Gasteiger partial charge < -0.3 is 24.9 Å². The molecule has 9 heteroatoms. The summed E-state index contributed by atoms with van der Waals surface area (Å²) >= 11 is 0. The Hall–Kier alpha value is -4.24. The number of nitrogens with zero attached hydrogens (tertiary/aromatic N) is 3. The van der Waals surface area contributed by atoms with Crippen molar-refractivity contribution in [2.45, 2.75) is 129 Å². The fourth-order valence-corrected chi connectivity index (χ4v) is 7.05. The standard InChI is InChI=1S/C41H54N4O5/c1-4-7-8-9-10-11-12-13-14-15-16-17-18-19-20-21-24-43-40(42)50-29-22-23-35-31(25-29)30(5-2)32-27-45-36(37(32)44-35)26-34-33(38(45)46)28-49-39(47)41(34,48)6-3/h10-11,13-14,22-23,25-26,48H,4-9,12,15-21,24,27-28H2,1-3H3,(H2,42,43)/t41-/m0/s1. The van der Waals surface area contributed by atoms with Gasteiger partial charge in [-0.2, -0.15) is 0 Å². The Morgan fingerprint density at radius 2 is 1.70 bits per heavy atom. The molecule has 2 aliphatic heterocycles. The van der Waals surface area contributed by atoms with E-state index in [0.717, 1.165) is 47.7 Å². The predicted molar refractivity (Wildman–Crippen MR) is 200 cm³/mol. The van der Waals surface area contributed by atoms with E-state index in [9.17, 15) is 14.7 Å². The summed E-state index contributed by atoms with van der Waals surface area (Å²) in [4.78, 5) is 35.5. The SMILES string of the molecule is CCCCCC=CCC=CCCCCCCCCN=C(N)Oc1ccc2nc3c(c(CC)c2c1)Cn1c-3cc2c(c1=O)COC(=O)[C@]2(O)CC. The van der Waals surface area contributed by atoms with Gasteiger partial charge in [0.2, 0.25) is 0 Å². The average Bonchev–Trinajstić information content (AvgIpc) is 3.48. The number of rotatable bonds is 18. The molecule has 1 atom stereocenters. The van der Waals surface area contributed by atoms with Crippen molar-refractivity contribution in [3.8, 4) is 17.1 Å². The number of ether oxygens (including phenoxy) is 2. The van der Waals surface area contributed by atoms with Gasteiger partial charge in [0, 0.05) is 23.1 Å². The summed E-state index contributed by atoms with van der Waals surface area (Å²) in [6, 6.07) is 7.53. The molecule has 0 radical (unpaired) electrons. The quantitative estimate of drug-likeness (QED) is 0.0356. The van der Waals surface area contributed by atoms with Gasteiger partial charge in [0.15, 0.2) is 5.60 Å². The maximum atomic E-state index is 13.6. The molecule has 3 aromatic rings. The van der Waals surface area contributed by atoms with Gasteiger partial charge in [0.1, 0.15) is 12.4 Å². The number of allylic oxidation sites excluding steroid dienone is 4. The molecule has 0 aliphatic carbocycles. The summed E-state index contributed by atoms with van der Waals surface area (Å²) in [5.41, 5.74) is 8.72. The van der Waals surface area contributed by atoms with Crippen molar-refractivity contribution < 1.29 is 19.4 Å². The second kappa shape index (κ2) is 17.6. The van der Waals surface area contributed by atoms with Crippen molar-refractivity contribution in [3.63, 3.8) is 0 Å². The van der Waals surface area contributed by atoms with Crippen LogP contribution in [0.2, 0.25) is 0 Å². The Kier molecular flexibility index (Phi) is 13.0. The highest BCUT2D eigenvalue weighted by molar-refractivity contribution is 5.90. The molecular weight excluding hydrogens is 628 g/mol. The number of carbonyl (C=O) groups is 1. The summed E-state index contributed by atoms with van der Waals surface area (Å²) in [6.45, 7) is 6.85. The Balaban J connectivity index is 1.12. The van der Waals surface area contributed by atoms with Crippen LogP contribution in [0.1, 0.15) is 126 Å². The molecule has 50 heavy (non-hydrogen) atoms. The topological polar surface area (TPSA) is 129 Å². The van der Waals surface area contributed by atoms with Crippen molar-refractivity contribution in [2.24, 2.45) is 10.7 Å². The number of carbonyl (C=O) groups excluding carboxylic acids is 1.